The Balaban J connectivity index is 1.47. The molecule has 0 spiro atoms. The molecule has 3 heterocycles. The number of carbonyl (C=O) groups excluding carboxylic acids is 1. The van der Waals surface area contributed by atoms with Gasteiger partial charge in [0, 0.05) is 42.2 Å². The largest absolute Gasteiger partial charge is 0.376 e. The lowest BCUT2D eigenvalue weighted by atomic mass is 10.2. The molecule has 6 nitrogen and oxygen atoms in total. The quantitative estimate of drug-likeness (QED) is 0.392. The van der Waals surface area contributed by atoms with Gasteiger partial charge in [0.1, 0.15) is 0 Å². The second-order valence-electron chi connectivity index (χ2n) is 7.66. The molecule has 0 bridgehead atoms. The molecule has 0 unspecified atom stereocenters. The summed E-state index contributed by atoms with van der Waals surface area (Å²) in [7, 11) is 0. The van der Waals surface area contributed by atoms with Crippen molar-refractivity contribution < 1.29 is 9.53 Å². The first-order valence-electron chi connectivity index (χ1n) is 10.5. The Bertz CT molecular complexity index is 1020. The van der Waals surface area contributed by atoms with Crippen molar-refractivity contribution >= 4 is 17.5 Å². The minimum Gasteiger partial charge on any atom is -0.376 e. The van der Waals surface area contributed by atoms with Gasteiger partial charge in [-0.3, -0.25) is 4.79 Å². The molecule has 1 aliphatic rings. The van der Waals surface area contributed by atoms with Gasteiger partial charge in [0.2, 0.25) is 0 Å². The van der Waals surface area contributed by atoms with E-state index < -0.39 is 0 Å². The molecule has 1 aliphatic heterocycles. The summed E-state index contributed by atoms with van der Waals surface area (Å²) < 4.78 is 10.1. The normalized spacial score (nSPS) is 16.3. The summed E-state index contributed by atoms with van der Waals surface area (Å²) in [6, 6.07) is 12.0. The summed E-state index contributed by atoms with van der Waals surface area (Å²) in [5.74, 6) is 1.30. The second kappa shape index (κ2) is 9.18. The third-order valence-corrected chi connectivity index (χ3v) is 6.65. The SMILES string of the molecule is CCn1c(SCC(=O)c2cc(C)n(C[C@H]3CCCO3)c2C)nnc1-c1ccccc1. The number of nitrogens with zero attached hydrogens (tertiary/aromatic N) is 4. The molecule has 4 rings (SSSR count). The van der Waals surface area contributed by atoms with Crippen molar-refractivity contribution in [3.05, 3.63) is 53.3 Å². The molecule has 30 heavy (non-hydrogen) atoms. The van der Waals surface area contributed by atoms with Crippen molar-refractivity contribution in [1.82, 2.24) is 19.3 Å². The maximum atomic E-state index is 13.0. The highest BCUT2D eigenvalue weighted by Gasteiger charge is 2.22. The van der Waals surface area contributed by atoms with Crippen LogP contribution in [0.4, 0.5) is 0 Å². The topological polar surface area (TPSA) is 61.9 Å². The average molecular weight is 425 g/mol. The van der Waals surface area contributed by atoms with Crippen molar-refractivity contribution in [3.8, 4) is 11.4 Å². The standard InChI is InChI=1S/C23H28N4O2S/c1-4-26-22(18-9-6-5-7-10-18)24-25-23(26)30-15-21(28)20-13-16(2)27(17(20)3)14-19-11-8-12-29-19/h5-7,9-10,13,19H,4,8,11-12,14-15H2,1-3H3/t19-/m1/s1. The molecule has 158 valence electrons. The molecule has 2 aromatic heterocycles. The van der Waals surface area contributed by atoms with Gasteiger partial charge in [-0.1, -0.05) is 42.1 Å². The predicted molar refractivity (Wildman–Crippen MR) is 119 cm³/mol. The van der Waals surface area contributed by atoms with Gasteiger partial charge in [0.05, 0.1) is 11.9 Å². The number of thioether (sulfide) groups is 1. The summed E-state index contributed by atoms with van der Waals surface area (Å²) >= 11 is 1.45. The number of ether oxygens (including phenoxy) is 1. The number of benzene rings is 1. The fourth-order valence-corrected chi connectivity index (χ4v) is 4.93. The Labute approximate surface area is 181 Å². The van der Waals surface area contributed by atoms with Gasteiger partial charge in [-0.25, -0.2) is 0 Å². The Kier molecular flexibility index (Phi) is 6.39. The molecule has 3 aromatic rings. The summed E-state index contributed by atoms with van der Waals surface area (Å²) in [6.07, 6.45) is 2.47. The smallest absolute Gasteiger partial charge is 0.191 e. The van der Waals surface area contributed by atoms with E-state index in [0.717, 1.165) is 66.0 Å². The van der Waals surface area contributed by atoms with Crippen LogP contribution in [-0.4, -0.2) is 43.6 Å². The Hall–Kier alpha value is -2.38. The van der Waals surface area contributed by atoms with Crippen LogP contribution in [0.2, 0.25) is 0 Å². The van der Waals surface area contributed by atoms with Crippen molar-refractivity contribution in [2.75, 3.05) is 12.4 Å². The minimum atomic E-state index is 0.124. The van der Waals surface area contributed by atoms with Crippen LogP contribution in [0.25, 0.3) is 11.4 Å². The molecule has 1 atom stereocenters. The highest BCUT2D eigenvalue weighted by molar-refractivity contribution is 7.99. The highest BCUT2D eigenvalue weighted by atomic mass is 32.2. The molecule has 0 amide bonds. The van der Waals surface area contributed by atoms with E-state index in [9.17, 15) is 4.79 Å². The maximum absolute atomic E-state index is 13.0. The molecule has 1 aromatic carbocycles. The van der Waals surface area contributed by atoms with E-state index in [-0.39, 0.29) is 11.9 Å². The molecule has 1 saturated heterocycles. The third-order valence-electron chi connectivity index (χ3n) is 5.68. The Morgan fingerprint density at radius 3 is 2.70 bits per heavy atom. The predicted octanol–water partition coefficient (Wildman–Crippen LogP) is 4.54. The summed E-state index contributed by atoms with van der Waals surface area (Å²) in [4.78, 5) is 13.0. The molecular weight excluding hydrogens is 396 g/mol. The monoisotopic (exact) mass is 424 g/mol. The zero-order valence-corrected chi connectivity index (χ0v) is 18.6. The van der Waals surface area contributed by atoms with E-state index in [1.54, 1.807) is 0 Å². The van der Waals surface area contributed by atoms with Crippen LogP contribution in [0.5, 0.6) is 0 Å². The van der Waals surface area contributed by atoms with Crippen LogP contribution in [0.15, 0.2) is 41.6 Å². The first kappa shape index (κ1) is 20.9. The molecule has 0 saturated carbocycles. The van der Waals surface area contributed by atoms with Crippen LogP contribution >= 0.6 is 11.8 Å². The van der Waals surface area contributed by atoms with E-state index in [0.29, 0.717) is 5.75 Å². The number of rotatable bonds is 8. The van der Waals surface area contributed by atoms with Gasteiger partial charge in [0.25, 0.3) is 0 Å². The lowest BCUT2D eigenvalue weighted by Crippen LogP contribution is -2.17. The molecule has 0 aliphatic carbocycles. The lowest BCUT2D eigenvalue weighted by Gasteiger charge is -2.14. The summed E-state index contributed by atoms with van der Waals surface area (Å²) in [6.45, 7) is 8.58. The van der Waals surface area contributed by atoms with Crippen LogP contribution in [0.1, 0.15) is 41.5 Å². The zero-order valence-electron chi connectivity index (χ0n) is 17.8. The number of aromatic nitrogens is 4. The first-order valence-corrected chi connectivity index (χ1v) is 11.5. The van der Waals surface area contributed by atoms with Gasteiger partial charge in [-0.2, -0.15) is 0 Å². The molecule has 7 heteroatoms. The first-order chi connectivity index (χ1) is 14.6. The van der Waals surface area contributed by atoms with E-state index in [4.69, 9.17) is 4.74 Å². The number of hydrogen-bond donors (Lipinski definition) is 0. The molecule has 0 N–H and O–H groups in total. The van der Waals surface area contributed by atoms with Crippen LogP contribution in [0.3, 0.4) is 0 Å². The van der Waals surface area contributed by atoms with Crippen molar-refractivity contribution in [2.24, 2.45) is 0 Å². The van der Waals surface area contributed by atoms with Crippen LogP contribution < -0.4 is 0 Å². The minimum absolute atomic E-state index is 0.124. The molecule has 1 fully saturated rings. The molecular formula is C23H28N4O2S. The van der Waals surface area contributed by atoms with Gasteiger partial charge in [0.15, 0.2) is 16.8 Å². The van der Waals surface area contributed by atoms with Crippen molar-refractivity contribution in [3.63, 3.8) is 0 Å². The summed E-state index contributed by atoms with van der Waals surface area (Å²) in [5.41, 5.74) is 3.96. The maximum Gasteiger partial charge on any atom is 0.191 e. The number of aryl methyl sites for hydroxylation is 1. The van der Waals surface area contributed by atoms with E-state index in [1.807, 2.05) is 43.3 Å². The van der Waals surface area contributed by atoms with Crippen LogP contribution in [0, 0.1) is 13.8 Å². The van der Waals surface area contributed by atoms with E-state index in [1.165, 1.54) is 11.8 Å². The van der Waals surface area contributed by atoms with Gasteiger partial charge >= 0.3 is 0 Å². The highest BCUT2D eigenvalue weighted by Crippen LogP contribution is 2.26. The van der Waals surface area contributed by atoms with Gasteiger partial charge < -0.3 is 13.9 Å². The van der Waals surface area contributed by atoms with Gasteiger partial charge in [-0.15, -0.1) is 10.2 Å². The fourth-order valence-electron chi connectivity index (χ4n) is 4.05. The van der Waals surface area contributed by atoms with Crippen molar-refractivity contribution in [1.29, 1.82) is 0 Å². The third kappa shape index (κ3) is 4.23. The summed E-state index contributed by atoms with van der Waals surface area (Å²) in [5, 5.41) is 9.48. The van der Waals surface area contributed by atoms with E-state index in [2.05, 4.69) is 33.2 Å². The Morgan fingerprint density at radius 2 is 2.00 bits per heavy atom. The molecule has 0 radical (unpaired) electrons. The van der Waals surface area contributed by atoms with Gasteiger partial charge in [-0.05, 0) is 39.7 Å². The fraction of sp³-hybridized carbons (Fsp3) is 0.435. The Morgan fingerprint density at radius 1 is 1.20 bits per heavy atom. The second-order valence-corrected chi connectivity index (χ2v) is 8.60. The number of hydrogen-bond acceptors (Lipinski definition) is 5. The van der Waals surface area contributed by atoms with E-state index >= 15 is 0 Å². The van der Waals surface area contributed by atoms with Crippen LogP contribution in [-0.2, 0) is 17.8 Å². The number of ketones is 1. The lowest BCUT2D eigenvalue weighted by molar-refractivity contribution is 0.0957. The average Bonchev–Trinajstić information content (AvgIpc) is 3.48. The number of Topliss-reactive ketones (excluding diaryl/α,β-unsaturated/α-hetero) is 1. The van der Waals surface area contributed by atoms with Crippen molar-refractivity contribution in [2.45, 2.75) is 58.0 Å². The zero-order chi connectivity index (χ0) is 21.1. The number of carbonyl (C=O) groups is 1.